The lowest BCUT2D eigenvalue weighted by Gasteiger charge is -2.25. The molecule has 0 aromatic heterocycles. The monoisotopic (exact) mass is 372 g/mol. The number of esters is 1. The zero-order chi connectivity index (χ0) is 20.0. The van der Waals surface area contributed by atoms with Crippen LogP contribution in [0.3, 0.4) is 0 Å². The molecule has 0 amide bonds. The van der Waals surface area contributed by atoms with Crippen molar-refractivity contribution in [1.29, 1.82) is 0 Å². The lowest BCUT2D eigenvalue weighted by atomic mass is 10.0. The lowest BCUT2D eigenvalue weighted by molar-refractivity contribution is -0.193. The van der Waals surface area contributed by atoms with Gasteiger partial charge >= 0.3 is 5.97 Å². The summed E-state index contributed by atoms with van der Waals surface area (Å²) in [7, 11) is 1.39. The first kappa shape index (κ1) is 20.8. The first-order valence-corrected chi connectivity index (χ1v) is 9.09. The van der Waals surface area contributed by atoms with Gasteiger partial charge in [0.2, 0.25) is 0 Å². The number of carbonyl (C=O) groups is 1. The molecule has 5 heteroatoms. The molecule has 0 aliphatic carbocycles. The number of methoxy groups -OCH3 is 1. The van der Waals surface area contributed by atoms with Gasteiger partial charge in [-0.15, -0.1) is 0 Å². The van der Waals surface area contributed by atoms with Gasteiger partial charge in [0.1, 0.15) is 11.5 Å². The number of hydrogen-bond acceptors (Lipinski definition) is 5. The molecule has 1 atom stereocenters. The van der Waals surface area contributed by atoms with Gasteiger partial charge < -0.3 is 19.7 Å². The first-order valence-electron chi connectivity index (χ1n) is 9.09. The maximum atomic E-state index is 12.3. The Labute approximate surface area is 160 Å². The first-order chi connectivity index (χ1) is 12.8. The second-order valence-corrected chi connectivity index (χ2v) is 7.04. The highest BCUT2D eigenvalue weighted by atomic mass is 16.7. The predicted molar refractivity (Wildman–Crippen MR) is 104 cm³/mol. The number of benzene rings is 1. The molecule has 1 heterocycles. The number of carbonyl (C=O) groups excluding carboxylic acids is 1. The van der Waals surface area contributed by atoms with E-state index < -0.39 is 11.8 Å². The van der Waals surface area contributed by atoms with Gasteiger partial charge in [0.05, 0.1) is 5.56 Å². The Hall–Kier alpha value is -2.53. The molecule has 0 spiro atoms. The van der Waals surface area contributed by atoms with Crippen molar-refractivity contribution in [2.75, 3.05) is 7.11 Å². The van der Waals surface area contributed by atoms with Gasteiger partial charge in [-0.1, -0.05) is 23.3 Å². The SMILES string of the molecule is COC1(c2cc(O)ccc2O)C=C(CC/C=C(\C)CCC=C(C)C)C(=O)O1. The number of allylic oxidation sites excluding steroid dienone is 4. The van der Waals surface area contributed by atoms with E-state index >= 15 is 0 Å². The second kappa shape index (κ2) is 8.91. The predicted octanol–water partition coefficient (Wildman–Crippen LogP) is 4.85. The largest absolute Gasteiger partial charge is 0.508 e. The maximum Gasteiger partial charge on any atom is 0.336 e. The van der Waals surface area contributed by atoms with Crippen LogP contribution in [0.25, 0.3) is 0 Å². The fraction of sp³-hybridized carbons (Fsp3) is 0.409. The minimum atomic E-state index is -1.52. The van der Waals surface area contributed by atoms with E-state index in [2.05, 4.69) is 32.9 Å². The van der Waals surface area contributed by atoms with Crippen molar-refractivity contribution >= 4 is 5.97 Å². The lowest BCUT2D eigenvalue weighted by Crippen LogP contribution is -2.27. The molecule has 0 radical (unpaired) electrons. The molecule has 1 unspecified atom stereocenters. The summed E-state index contributed by atoms with van der Waals surface area (Å²) in [4.78, 5) is 12.3. The van der Waals surface area contributed by atoms with E-state index in [0.29, 0.717) is 18.4 Å². The van der Waals surface area contributed by atoms with Crippen molar-refractivity contribution in [3.63, 3.8) is 0 Å². The molecular weight excluding hydrogens is 344 g/mol. The summed E-state index contributed by atoms with van der Waals surface area (Å²) in [5.74, 6) is -2.16. The number of aromatic hydroxyl groups is 2. The third kappa shape index (κ3) is 5.23. The Morgan fingerprint density at radius 1 is 1.19 bits per heavy atom. The Kier molecular flexibility index (Phi) is 6.86. The van der Waals surface area contributed by atoms with Gasteiger partial charge in [-0.25, -0.2) is 4.79 Å². The number of ether oxygens (including phenoxy) is 2. The Bertz CT molecular complexity index is 784. The van der Waals surface area contributed by atoms with Crippen LogP contribution in [-0.4, -0.2) is 23.3 Å². The molecule has 0 saturated heterocycles. The summed E-state index contributed by atoms with van der Waals surface area (Å²) < 4.78 is 10.8. The van der Waals surface area contributed by atoms with E-state index in [4.69, 9.17) is 9.47 Å². The van der Waals surface area contributed by atoms with Crippen LogP contribution in [0.2, 0.25) is 0 Å². The van der Waals surface area contributed by atoms with Gasteiger partial charge in [0.25, 0.3) is 5.79 Å². The molecule has 1 aliphatic heterocycles. The van der Waals surface area contributed by atoms with Gasteiger partial charge in [-0.3, -0.25) is 0 Å². The van der Waals surface area contributed by atoms with E-state index in [0.717, 1.165) is 12.8 Å². The van der Waals surface area contributed by atoms with Crippen molar-refractivity contribution in [3.05, 3.63) is 58.7 Å². The van der Waals surface area contributed by atoms with Crippen LogP contribution in [0.5, 0.6) is 11.5 Å². The van der Waals surface area contributed by atoms with Crippen molar-refractivity contribution in [2.45, 2.75) is 52.2 Å². The van der Waals surface area contributed by atoms with Gasteiger partial charge in [-0.05, 0) is 64.7 Å². The van der Waals surface area contributed by atoms with Crippen LogP contribution in [0.4, 0.5) is 0 Å². The molecule has 0 fully saturated rings. The van der Waals surface area contributed by atoms with Crippen LogP contribution in [-0.2, 0) is 20.1 Å². The minimum Gasteiger partial charge on any atom is -0.508 e. The highest BCUT2D eigenvalue weighted by Crippen LogP contribution is 2.42. The molecular formula is C22H28O5. The molecule has 2 rings (SSSR count). The third-order valence-corrected chi connectivity index (χ3v) is 4.53. The van der Waals surface area contributed by atoms with E-state index in [9.17, 15) is 15.0 Å². The summed E-state index contributed by atoms with van der Waals surface area (Å²) in [5, 5.41) is 19.8. The molecule has 27 heavy (non-hydrogen) atoms. The Morgan fingerprint density at radius 2 is 1.93 bits per heavy atom. The maximum absolute atomic E-state index is 12.3. The van der Waals surface area contributed by atoms with E-state index in [1.165, 1.54) is 36.5 Å². The molecule has 0 saturated carbocycles. The highest BCUT2D eigenvalue weighted by Gasteiger charge is 2.43. The summed E-state index contributed by atoms with van der Waals surface area (Å²) in [5.41, 5.74) is 3.28. The zero-order valence-corrected chi connectivity index (χ0v) is 16.4. The normalized spacial score (nSPS) is 19.6. The van der Waals surface area contributed by atoms with Crippen molar-refractivity contribution in [2.24, 2.45) is 0 Å². The van der Waals surface area contributed by atoms with Gasteiger partial charge in [0, 0.05) is 18.8 Å². The summed E-state index contributed by atoms with van der Waals surface area (Å²) in [6.07, 6.45) is 9.16. The summed E-state index contributed by atoms with van der Waals surface area (Å²) in [6.45, 7) is 6.26. The molecule has 146 valence electrons. The number of hydrogen-bond donors (Lipinski definition) is 2. The highest BCUT2D eigenvalue weighted by molar-refractivity contribution is 5.91. The van der Waals surface area contributed by atoms with E-state index in [1.54, 1.807) is 6.08 Å². The molecule has 1 aliphatic rings. The van der Waals surface area contributed by atoms with E-state index in [1.807, 2.05) is 0 Å². The third-order valence-electron chi connectivity index (χ3n) is 4.53. The van der Waals surface area contributed by atoms with Crippen LogP contribution in [0.1, 0.15) is 52.0 Å². The minimum absolute atomic E-state index is 0.0490. The standard InChI is InChI=1S/C22H28O5/c1-15(2)7-5-8-16(3)9-6-10-17-14-22(26-4,27-21(17)25)19-13-18(23)11-12-20(19)24/h7,9,11-14,23-24H,5-6,8,10H2,1-4H3/b16-9+. The number of phenols is 2. The molecule has 5 nitrogen and oxygen atoms in total. The van der Waals surface area contributed by atoms with Crippen LogP contribution >= 0.6 is 0 Å². The van der Waals surface area contributed by atoms with Crippen molar-refractivity contribution < 1.29 is 24.5 Å². The van der Waals surface area contributed by atoms with Crippen molar-refractivity contribution in [3.8, 4) is 11.5 Å². The number of phenolic OH excluding ortho intramolecular Hbond substituents is 2. The summed E-state index contributed by atoms with van der Waals surface area (Å²) in [6, 6.07) is 4.02. The van der Waals surface area contributed by atoms with Crippen LogP contribution in [0, 0.1) is 0 Å². The molecule has 2 N–H and O–H groups in total. The zero-order valence-electron chi connectivity index (χ0n) is 16.4. The molecule has 1 aromatic rings. The Balaban J connectivity index is 2.10. The van der Waals surface area contributed by atoms with Gasteiger partial charge in [-0.2, -0.15) is 0 Å². The van der Waals surface area contributed by atoms with Crippen molar-refractivity contribution in [1.82, 2.24) is 0 Å². The number of rotatable bonds is 8. The fourth-order valence-corrected chi connectivity index (χ4v) is 3.01. The smallest absolute Gasteiger partial charge is 0.336 e. The summed E-state index contributed by atoms with van der Waals surface area (Å²) >= 11 is 0. The van der Waals surface area contributed by atoms with E-state index in [-0.39, 0.29) is 17.1 Å². The van der Waals surface area contributed by atoms with Crippen LogP contribution < -0.4 is 0 Å². The quantitative estimate of drug-likeness (QED) is 0.387. The second-order valence-electron chi connectivity index (χ2n) is 7.04. The van der Waals surface area contributed by atoms with Gasteiger partial charge in [0.15, 0.2) is 0 Å². The Morgan fingerprint density at radius 3 is 2.59 bits per heavy atom. The topological polar surface area (TPSA) is 76.0 Å². The molecule has 0 bridgehead atoms. The number of cyclic esters (lactones) is 1. The average molecular weight is 372 g/mol. The average Bonchev–Trinajstić information content (AvgIpc) is 2.94. The fourth-order valence-electron chi connectivity index (χ4n) is 3.01. The molecule has 1 aromatic carbocycles. The van der Waals surface area contributed by atoms with Crippen LogP contribution in [0.15, 0.2) is 53.1 Å².